The minimum absolute atomic E-state index is 0.0173. The molecule has 0 aliphatic carbocycles. The number of furan rings is 1. The van der Waals surface area contributed by atoms with Crippen LogP contribution in [0, 0.1) is 0 Å². The molecule has 1 nitrogen and oxygen atoms in total. The molecule has 0 aromatic carbocycles. The Hall–Kier alpha value is 0.692. The zero-order valence-electron chi connectivity index (χ0n) is 11.2. The molecule has 0 aliphatic heterocycles. The molecule has 0 unspecified atom stereocenters. The van der Waals surface area contributed by atoms with Crippen LogP contribution in [0.4, 0.5) is 0 Å². The molecule has 18 heavy (non-hydrogen) atoms. The first-order chi connectivity index (χ1) is 8.52. The molecule has 1 aromatic rings. The molecule has 0 radical (unpaired) electrons. The number of allylic oxidation sites excluding steroid dienone is 1. The molecule has 1 rings (SSSR count). The number of halogens is 2. The van der Waals surface area contributed by atoms with Crippen LogP contribution in [0.25, 0.3) is 0 Å². The van der Waals surface area contributed by atoms with Crippen molar-refractivity contribution in [1.82, 2.24) is 0 Å². The van der Waals surface area contributed by atoms with Gasteiger partial charge in [-0.05, 0) is 23.5 Å². The second-order valence-electron chi connectivity index (χ2n) is 4.35. The molecular weight excluding hydrogens is 380 g/mol. The summed E-state index contributed by atoms with van der Waals surface area (Å²) in [6.07, 6.45) is 4.91. The second kappa shape index (κ2) is 11.5. The first-order valence-electron chi connectivity index (χ1n) is 5.81. The SMILES string of the molecule is CC(C)P(C=CCc1ccco1)C(C)C.[Cl][Pd][Cl]. The van der Waals surface area contributed by atoms with E-state index >= 15 is 0 Å². The van der Waals surface area contributed by atoms with Crippen LogP contribution in [0.3, 0.4) is 0 Å². The fourth-order valence-corrected chi connectivity index (χ4v) is 3.89. The molecular formula is C13H21Cl2OPPd. The van der Waals surface area contributed by atoms with E-state index in [1.54, 1.807) is 6.26 Å². The third kappa shape index (κ3) is 8.74. The molecule has 0 bridgehead atoms. The van der Waals surface area contributed by atoms with Gasteiger partial charge in [0.2, 0.25) is 0 Å². The van der Waals surface area contributed by atoms with Crippen molar-refractivity contribution in [2.45, 2.75) is 45.4 Å². The quantitative estimate of drug-likeness (QED) is 0.435. The summed E-state index contributed by atoms with van der Waals surface area (Å²) in [5, 5.41) is 0. The fraction of sp³-hybridized carbons (Fsp3) is 0.538. The third-order valence-electron chi connectivity index (χ3n) is 2.37. The summed E-state index contributed by atoms with van der Waals surface area (Å²) in [6.45, 7) is 9.23. The maximum absolute atomic E-state index is 5.29. The van der Waals surface area contributed by atoms with E-state index in [2.05, 4.69) is 39.6 Å². The number of rotatable bonds is 5. The summed E-state index contributed by atoms with van der Waals surface area (Å²) < 4.78 is 5.29. The number of hydrogen-bond donors (Lipinski definition) is 0. The Balaban J connectivity index is 0.000000873. The molecule has 0 fully saturated rings. The maximum atomic E-state index is 5.29. The van der Waals surface area contributed by atoms with E-state index in [9.17, 15) is 0 Å². The number of hydrogen-bond acceptors (Lipinski definition) is 1. The van der Waals surface area contributed by atoms with Crippen LogP contribution in [-0.4, -0.2) is 11.3 Å². The topological polar surface area (TPSA) is 13.1 Å². The molecule has 5 heteroatoms. The van der Waals surface area contributed by atoms with Gasteiger partial charge >= 0.3 is 35.0 Å². The summed E-state index contributed by atoms with van der Waals surface area (Å²) in [7, 11) is 9.65. The van der Waals surface area contributed by atoms with Gasteiger partial charge in [0.1, 0.15) is 5.76 Å². The standard InChI is InChI=1S/C13H21OP.2ClH.Pd/c1-11(2)15(12(3)4)10-6-8-13-7-5-9-14-13;;;/h5-7,9-12H,8H2,1-4H3;2*1H;/q;;;+2/p-2. The second-order valence-corrected chi connectivity index (χ2v) is 9.97. The van der Waals surface area contributed by atoms with E-state index in [-0.39, 0.29) is 23.9 Å². The van der Waals surface area contributed by atoms with Gasteiger partial charge in [-0.2, -0.15) is 0 Å². The predicted molar refractivity (Wildman–Crippen MR) is 80.5 cm³/mol. The van der Waals surface area contributed by atoms with Crippen LogP contribution >= 0.6 is 27.0 Å². The Bertz CT molecular complexity index is 305. The van der Waals surface area contributed by atoms with Crippen LogP contribution in [0.2, 0.25) is 0 Å². The molecule has 0 aliphatic rings. The van der Waals surface area contributed by atoms with Gasteiger partial charge in [-0.1, -0.05) is 47.5 Å². The van der Waals surface area contributed by atoms with Crippen molar-refractivity contribution in [2.75, 3.05) is 0 Å². The first kappa shape index (κ1) is 18.7. The fourth-order valence-electron chi connectivity index (χ4n) is 1.66. The monoisotopic (exact) mass is 400 g/mol. The summed E-state index contributed by atoms with van der Waals surface area (Å²) in [5.41, 5.74) is 1.54. The van der Waals surface area contributed by atoms with Gasteiger partial charge < -0.3 is 4.42 Å². The van der Waals surface area contributed by atoms with Crippen molar-refractivity contribution in [3.63, 3.8) is 0 Å². The Kier molecular flexibility index (Phi) is 12.0. The Morgan fingerprint density at radius 1 is 1.28 bits per heavy atom. The molecule has 0 N–H and O–H groups in total. The zero-order chi connectivity index (χ0) is 14.0. The molecule has 1 aromatic heterocycles. The molecule has 0 spiro atoms. The van der Waals surface area contributed by atoms with Crippen LogP contribution < -0.4 is 0 Å². The zero-order valence-corrected chi connectivity index (χ0v) is 15.1. The van der Waals surface area contributed by atoms with E-state index in [0.717, 1.165) is 23.5 Å². The Morgan fingerprint density at radius 3 is 2.22 bits per heavy atom. The van der Waals surface area contributed by atoms with E-state index in [0.29, 0.717) is 0 Å². The normalized spacial score (nSPS) is 11.6. The van der Waals surface area contributed by atoms with Crippen LogP contribution in [-0.2, 0) is 22.4 Å². The minimum atomic E-state index is -0.106. The molecule has 0 amide bonds. The van der Waals surface area contributed by atoms with Crippen LogP contribution in [0.15, 0.2) is 34.7 Å². The molecule has 108 valence electrons. The first-order valence-corrected chi connectivity index (χ1v) is 11.4. The van der Waals surface area contributed by atoms with Crippen LogP contribution in [0.1, 0.15) is 33.5 Å². The van der Waals surface area contributed by atoms with Crippen molar-refractivity contribution >= 4 is 27.0 Å². The van der Waals surface area contributed by atoms with Gasteiger partial charge in [-0.25, -0.2) is 0 Å². The molecule has 0 atom stereocenters. The van der Waals surface area contributed by atoms with E-state index in [1.807, 2.05) is 12.1 Å². The Morgan fingerprint density at radius 2 is 1.83 bits per heavy atom. The van der Waals surface area contributed by atoms with Crippen molar-refractivity contribution in [1.29, 1.82) is 0 Å². The Labute approximate surface area is 128 Å². The van der Waals surface area contributed by atoms with E-state index in [1.165, 1.54) is 0 Å². The van der Waals surface area contributed by atoms with Crippen molar-refractivity contribution < 1.29 is 20.4 Å². The van der Waals surface area contributed by atoms with Crippen molar-refractivity contribution in [3.8, 4) is 0 Å². The van der Waals surface area contributed by atoms with Gasteiger partial charge in [0.25, 0.3) is 0 Å². The van der Waals surface area contributed by atoms with Gasteiger partial charge in [0.15, 0.2) is 0 Å². The average Bonchev–Trinajstić information content (AvgIpc) is 2.77. The molecule has 0 saturated carbocycles. The van der Waals surface area contributed by atoms with Crippen molar-refractivity contribution in [3.05, 3.63) is 36.0 Å². The predicted octanol–water partition coefficient (Wildman–Crippen LogP) is 6.01. The van der Waals surface area contributed by atoms with Gasteiger partial charge in [0.05, 0.1) is 6.26 Å². The van der Waals surface area contributed by atoms with Gasteiger partial charge in [-0.3, -0.25) is 0 Å². The van der Waals surface area contributed by atoms with Gasteiger partial charge in [0, 0.05) is 6.42 Å². The van der Waals surface area contributed by atoms with E-state index in [4.69, 9.17) is 23.5 Å². The van der Waals surface area contributed by atoms with Crippen LogP contribution in [0.5, 0.6) is 0 Å². The average molecular weight is 402 g/mol. The summed E-state index contributed by atoms with van der Waals surface area (Å²) in [4.78, 5) is 0. The summed E-state index contributed by atoms with van der Waals surface area (Å²) >= 11 is -0.106. The molecule has 1 heterocycles. The summed E-state index contributed by atoms with van der Waals surface area (Å²) in [5.74, 6) is 3.45. The summed E-state index contributed by atoms with van der Waals surface area (Å²) in [6, 6.07) is 3.97. The van der Waals surface area contributed by atoms with E-state index < -0.39 is 0 Å². The molecule has 0 saturated heterocycles. The third-order valence-corrected chi connectivity index (χ3v) is 5.31. The van der Waals surface area contributed by atoms with Crippen molar-refractivity contribution in [2.24, 2.45) is 0 Å². The van der Waals surface area contributed by atoms with Gasteiger partial charge in [-0.15, -0.1) is 0 Å².